The minimum absolute atomic E-state index is 0.190. The van der Waals surface area contributed by atoms with Crippen LogP contribution in [-0.2, 0) is 11.3 Å². The second-order valence-electron chi connectivity index (χ2n) is 6.60. The number of aromatic amines is 1. The van der Waals surface area contributed by atoms with Crippen LogP contribution in [0.1, 0.15) is 28.8 Å². The molecule has 2 N–H and O–H groups in total. The van der Waals surface area contributed by atoms with Gasteiger partial charge in [-0.1, -0.05) is 42.5 Å². The molecule has 0 radical (unpaired) electrons. The number of likely N-dealkylation sites (tertiary alicyclic amines) is 1. The Bertz CT molecular complexity index is 965. The van der Waals surface area contributed by atoms with Gasteiger partial charge in [-0.15, -0.1) is 0 Å². The van der Waals surface area contributed by atoms with Gasteiger partial charge in [0.2, 0.25) is 5.91 Å². The fourth-order valence-corrected chi connectivity index (χ4v) is 3.32. The molecule has 1 aliphatic heterocycles. The highest BCUT2D eigenvalue weighted by atomic mass is 16.2. The number of carbonyl (C=O) groups is 2. The summed E-state index contributed by atoms with van der Waals surface area (Å²) >= 11 is 0. The van der Waals surface area contributed by atoms with E-state index in [0.717, 1.165) is 24.1 Å². The van der Waals surface area contributed by atoms with Crippen LogP contribution in [0.15, 0.2) is 60.8 Å². The van der Waals surface area contributed by atoms with Crippen molar-refractivity contribution in [1.29, 1.82) is 0 Å². The number of carbonyl (C=O) groups excluding carboxylic acids is 2. The molecule has 1 aromatic heterocycles. The standard InChI is InChI=1S/C21H20N4O2/c26-19-10-5-11-25(19)14-15-6-4-9-17(12-15)23-21(27)18-13-22-24-20(18)16-7-2-1-3-8-16/h1-4,6-9,12-13H,5,10-11,14H2,(H,22,24)(H,23,27). The maximum Gasteiger partial charge on any atom is 0.259 e. The van der Waals surface area contributed by atoms with Gasteiger partial charge < -0.3 is 10.2 Å². The summed E-state index contributed by atoms with van der Waals surface area (Å²) in [5, 5.41) is 9.85. The van der Waals surface area contributed by atoms with E-state index in [1.807, 2.05) is 59.5 Å². The van der Waals surface area contributed by atoms with Crippen LogP contribution < -0.4 is 5.32 Å². The fraction of sp³-hybridized carbons (Fsp3) is 0.190. The third-order valence-electron chi connectivity index (χ3n) is 4.68. The molecule has 0 unspecified atom stereocenters. The van der Waals surface area contributed by atoms with Gasteiger partial charge in [0.05, 0.1) is 17.5 Å². The maximum atomic E-state index is 12.7. The first kappa shape index (κ1) is 17.0. The van der Waals surface area contributed by atoms with E-state index in [1.54, 1.807) is 0 Å². The lowest BCUT2D eigenvalue weighted by molar-refractivity contribution is -0.128. The molecule has 2 heterocycles. The van der Waals surface area contributed by atoms with E-state index in [1.165, 1.54) is 6.20 Å². The zero-order chi connectivity index (χ0) is 18.6. The molecule has 2 amide bonds. The van der Waals surface area contributed by atoms with Gasteiger partial charge >= 0.3 is 0 Å². The normalized spacial score (nSPS) is 13.8. The SMILES string of the molecule is O=C(Nc1cccc(CN2CCCC2=O)c1)c1cn[nH]c1-c1ccccc1. The van der Waals surface area contributed by atoms with Crippen molar-refractivity contribution in [3.63, 3.8) is 0 Å². The molecule has 6 nitrogen and oxygen atoms in total. The predicted octanol–water partition coefficient (Wildman–Crippen LogP) is 3.45. The maximum absolute atomic E-state index is 12.7. The van der Waals surface area contributed by atoms with E-state index in [2.05, 4.69) is 15.5 Å². The number of nitrogens with one attached hydrogen (secondary N) is 2. The van der Waals surface area contributed by atoms with Crippen molar-refractivity contribution >= 4 is 17.5 Å². The molecular weight excluding hydrogens is 340 g/mol. The molecule has 0 saturated carbocycles. The van der Waals surface area contributed by atoms with E-state index >= 15 is 0 Å². The summed E-state index contributed by atoms with van der Waals surface area (Å²) < 4.78 is 0. The van der Waals surface area contributed by atoms with Crippen molar-refractivity contribution in [2.75, 3.05) is 11.9 Å². The first-order valence-electron chi connectivity index (χ1n) is 8.97. The topological polar surface area (TPSA) is 78.1 Å². The summed E-state index contributed by atoms with van der Waals surface area (Å²) in [6.07, 6.45) is 3.07. The number of nitrogens with zero attached hydrogens (tertiary/aromatic N) is 2. The number of aromatic nitrogens is 2. The van der Waals surface area contributed by atoms with Gasteiger partial charge in [-0.3, -0.25) is 14.7 Å². The summed E-state index contributed by atoms with van der Waals surface area (Å²) in [7, 11) is 0. The lowest BCUT2D eigenvalue weighted by Gasteiger charge is -2.16. The molecule has 0 atom stereocenters. The van der Waals surface area contributed by atoms with Crippen molar-refractivity contribution < 1.29 is 9.59 Å². The van der Waals surface area contributed by atoms with E-state index in [4.69, 9.17) is 0 Å². The Labute approximate surface area is 157 Å². The summed E-state index contributed by atoms with van der Waals surface area (Å²) in [4.78, 5) is 26.4. The minimum atomic E-state index is -0.225. The molecule has 2 aromatic carbocycles. The summed E-state index contributed by atoms with van der Waals surface area (Å²) in [6, 6.07) is 17.2. The van der Waals surface area contributed by atoms with Crippen molar-refractivity contribution in [3.05, 3.63) is 71.9 Å². The number of benzene rings is 2. The summed E-state index contributed by atoms with van der Waals surface area (Å²) in [6.45, 7) is 1.37. The minimum Gasteiger partial charge on any atom is -0.338 e. The Balaban J connectivity index is 1.50. The smallest absolute Gasteiger partial charge is 0.259 e. The van der Waals surface area contributed by atoms with Crippen molar-refractivity contribution in [1.82, 2.24) is 15.1 Å². The van der Waals surface area contributed by atoms with E-state index < -0.39 is 0 Å². The average Bonchev–Trinajstić information content (AvgIpc) is 3.32. The largest absolute Gasteiger partial charge is 0.338 e. The number of rotatable bonds is 5. The number of hydrogen-bond donors (Lipinski definition) is 2. The lowest BCUT2D eigenvalue weighted by Crippen LogP contribution is -2.23. The zero-order valence-corrected chi connectivity index (χ0v) is 14.8. The van der Waals surface area contributed by atoms with Crippen LogP contribution in [0.4, 0.5) is 5.69 Å². The average molecular weight is 360 g/mol. The molecule has 27 heavy (non-hydrogen) atoms. The first-order chi connectivity index (χ1) is 13.2. The zero-order valence-electron chi connectivity index (χ0n) is 14.8. The molecule has 0 aliphatic carbocycles. The fourth-order valence-electron chi connectivity index (χ4n) is 3.32. The summed E-state index contributed by atoms with van der Waals surface area (Å²) in [5.74, 6) is -0.0349. The lowest BCUT2D eigenvalue weighted by atomic mass is 10.1. The van der Waals surface area contributed by atoms with Crippen molar-refractivity contribution in [2.24, 2.45) is 0 Å². The van der Waals surface area contributed by atoms with Crippen LogP contribution in [-0.4, -0.2) is 33.5 Å². The van der Waals surface area contributed by atoms with E-state index in [0.29, 0.717) is 29.9 Å². The van der Waals surface area contributed by atoms with Crippen molar-refractivity contribution in [2.45, 2.75) is 19.4 Å². The monoisotopic (exact) mass is 360 g/mol. The van der Waals surface area contributed by atoms with Crippen LogP contribution in [0.3, 0.4) is 0 Å². The van der Waals surface area contributed by atoms with Crippen LogP contribution in [0, 0.1) is 0 Å². The Morgan fingerprint density at radius 3 is 2.78 bits per heavy atom. The number of anilines is 1. The highest BCUT2D eigenvalue weighted by Crippen LogP contribution is 2.22. The molecule has 4 rings (SSSR count). The van der Waals surface area contributed by atoms with Gasteiger partial charge in [0.25, 0.3) is 5.91 Å². The molecular formula is C21H20N4O2. The second-order valence-corrected chi connectivity index (χ2v) is 6.60. The van der Waals surface area contributed by atoms with Gasteiger partial charge in [-0.05, 0) is 24.1 Å². The molecule has 1 fully saturated rings. The number of hydrogen-bond acceptors (Lipinski definition) is 3. The molecule has 1 aliphatic rings. The second kappa shape index (κ2) is 7.45. The third kappa shape index (κ3) is 3.74. The summed E-state index contributed by atoms with van der Waals surface area (Å²) in [5.41, 5.74) is 3.78. The van der Waals surface area contributed by atoms with Crippen LogP contribution in [0.25, 0.3) is 11.3 Å². The van der Waals surface area contributed by atoms with Crippen LogP contribution in [0.2, 0.25) is 0 Å². The van der Waals surface area contributed by atoms with Gasteiger partial charge in [-0.2, -0.15) is 5.10 Å². The van der Waals surface area contributed by atoms with Crippen LogP contribution in [0.5, 0.6) is 0 Å². The molecule has 0 spiro atoms. The van der Waals surface area contributed by atoms with E-state index in [9.17, 15) is 9.59 Å². The van der Waals surface area contributed by atoms with Gasteiger partial charge in [0.15, 0.2) is 0 Å². The van der Waals surface area contributed by atoms with Gasteiger partial charge in [-0.25, -0.2) is 0 Å². The predicted molar refractivity (Wildman–Crippen MR) is 103 cm³/mol. The molecule has 136 valence electrons. The first-order valence-corrected chi connectivity index (χ1v) is 8.97. The number of amides is 2. The van der Waals surface area contributed by atoms with Gasteiger partial charge in [0.1, 0.15) is 0 Å². The van der Waals surface area contributed by atoms with Crippen LogP contribution >= 0.6 is 0 Å². The van der Waals surface area contributed by atoms with Gasteiger partial charge in [0, 0.05) is 30.8 Å². The molecule has 1 saturated heterocycles. The van der Waals surface area contributed by atoms with Crippen molar-refractivity contribution in [3.8, 4) is 11.3 Å². The molecule has 6 heteroatoms. The van der Waals surface area contributed by atoms with E-state index in [-0.39, 0.29) is 11.8 Å². The Morgan fingerprint density at radius 2 is 2.00 bits per heavy atom. The molecule has 3 aromatic rings. The Kier molecular flexibility index (Phi) is 4.70. The Morgan fingerprint density at radius 1 is 1.15 bits per heavy atom. The molecule has 0 bridgehead atoms. The third-order valence-corrected chi connectivity index (χ3v) is 4.68. The highest BCUT2D eigenvalue weighted by molar-refractivity contribution is 6.08. The quantitative estimate of drug-likeness (QED) is 0.731. The highest BCUT2D eigenvalue weighted by Gasteiger charge is 2.20. The number of H-pyrrole nitrogens is 1. The Hall–Kier alpha value is -3.41.